The van der Waals surface area contributed by atoms with Crippen molar-refractivity contribution in [2.75, 3.05) is 0 Å². The van der Waals surface area contributed by atoms with Gasteiger partial charge in [-0.3, -0.25) is 0 Å². The van der Waals surface area contributed by atoms with Gasteiger partial charge in [-0.05, 0) is 42.9 Å². The number of hydrogen-bond acceptors (Lipinski definition) is 1. The van der Waals surface area contributed by atoms with Crippen LogP contribution in [0.25, 0.3) is 0 Å². The fourth-order valence-electron chi connectivity index (χ4n) is 2.95. The Morgan fingerprint density at radius 1 is 1.11 bits per heavy atom. The van der Waals surface area contributed by atoms with Crippen LogP contribution in [0.4, 0.5) is 0 Å². The van der Waals surface area contributed by atoms with Crippen molar-refractivity contribution in [3.8, 4) is 0 Å². The van der Waals surface area contributed by atoms with E-state index in [9.17, 15) is 0 Å². The number of nitrogens with two attached hydrogens (primary N) is 1. The molecular weight excluding hydrogens is 242 g/mol. The summed E-state index contributed by atoms with van der Waals surface area (Å²) in [6.45, 7) is 0. The molecule has 2 rings (SSSR count). The summed E-state index contributed by atoms with van der Waals surface area (Å²) in [7, 11) is 0. The zero-order valence-corrected chi connectivity index (χ0v) is 11.8. The van der Waals surface area contributed by atoms with E-state index < -0.39 is 0 Å². The molecule has 2 N–H and O–H groups in total. The highest BCUT2D eigenvalue weighted by atomic mass is 35.5. The van der Waals surface area contributed by atoms with Gasteiger partial charge in [-0.15, -0.1) is 0 Å². The second kappa shape index (κ2) is 7.16. The van der Waals surface area contributed by atoms with E-state index in [0.717, 1.165) is 23.8 Å². The number of rotatable bonds is 5. The van der Waals surface area contributed by atoms with E-state index in [0.29, 0.717) is 6.04 Å². The summed E-state index contributed by atoms with van der Waals surface area (Å²) in [4.78, 5) is 0. The quantitative estimate of drug-likeness (QED) is 0.829. The maximum Gasteiger partial charge on any atom is 0.0406 e. The zero-order valence-electron chi connectivity index (χ0n) is 11.1. The summed E-state index contributed by atoms with van der Waals surface area (Å²) in [5.74, 6) is 0.940. The van der Waals surface area contributed by atoms with E-state index in [-0.39, 0.29) is 0 Å². The van der Waals surface area contributed by atoms with Crippen LogP contribution in [0.2, 0.25) is 5.02 Å². The molecule has 1 saturated carbocycles. The average molecular weight is 266 g/mol. The van der Waals surface area contributed by atoms with Crippen LogP contribution >= 0.6 is 11.6 Å². The Kier molecular flexibility index (Phi) is 5.52. The molecule has 0 radical (unpaired) electrons. The predicted octanol–water partition coefficient (Wildman–Crippen LogP) is 4.57. The summed E-state index contributed by atoms with van der Waals surface area (Å²) in [5, 5.41) is 0.800. The van der Waals surface area contributed by atoms with Gasteiger partial charge in [0, 0.05) is 11.1 Å². The Balaban J connectivity index is 1.71. The third-order valence-electron chi connectivity index (χ3n) is 4.08. The number of benzene rings is 1. The molecule has 1 fully saturated rings. The monoisotopic (exact) mass is 265 g/mol. The molecule has 0 amide bonds. The van der Waals surface area contributed by atoms with Gasteiger partial charge in [0.2, 0.25) is 0 Å². The molecule has 1 unspecified atom stereocenters. The van der Waals surface area contributed by atoms with E-state index in [4.69, 9.17) is 17.3 Å². The Labute approximate surface area is 116 Å². The van der Waals surface area contributed by atoms with Crippen molar-refractivity contribution in [1.29, 1.82) is 0 Å². The summed E-state index contributed by atoms with van der Waals surface area (Å²) >= 11 is 5.88. The maximum atomic E-state index is 6.23. The van der Waals surface area contributed by atoms with Crippen molar-refractivity contribution in [2.24, 2.45) is 11.7 Å². The molecule has 0 aliphatic heterocycles. The molecule has 1 aromatic rings. The van der Waals surface area contributed by atoms with Crippen molar-refractivity contribution in [2.45, 2.75) is 57.4 Å². The lowest BCUT2D eigenvalue weighted by Crippen LogP contribution is -2.24. The third kappa shape index (κ3) is 4.62. The molecule has 18 heavy (non-hydrogen) atoms. The van der Waals surface area contributed by atoms with Crippen LogP contribution in [0.1, 0.15) is 50.5 Å². The van der Waals surface area contributed by atoms with Crippen molar-refractivity contribution in [3.63, 3.8) is 0 Å². The molecular formula is C16H24ClN. The highest BCUT2D eigenvalue weighted by Gasteiger charge is 2.14. The summed E-state index contributed by atoms with van der Waals surface area (Å²) in [5.41, 5.74) is 7.53. The highest BCUT2D eigenvalue weighted by Crippen LogP contribution is 2.27. The Morgan fingerprint density at radius 3 is 2.44 bits per heavy atom. The first-order valence-electron chi connectivity index (χ1n) is 7.24. The highest BCUT2D eigenvalue weighted by molar-refractivity contribution is 6.30. The molecule has 100 valence electrons. The Bertz CT molecular complexity index is 341. The van der Waals surface area contributed by atoms with Gasteiger partial charge in [-0.25, -0.2) is 0 Å². The topological polar surface area (TPSA) is 26.0 Å². The van der Waals surface area contributed by atoms with Gasteiger partial charge in [0.1, 0.15) is 0 Å². The summed E-state index contributed by atoms with van der Waals surface area (Å²) in [6.07, 6.45) is 10.6. The summed E-state index contributed by atoms with van der Waals surface area (Å²) < 4.78 is 0. The molecule has 0 bridgehead atoms. The first kappa shape index (κ1) is 13.9. The molecule has 0 spiro atoms. The van der Waals surface area contributed by atoms with Crippen molar-refractivity contribution < 1.29 is 0 Å². The van der Waals surface area contributed by atoms with Crippen LogP contribution in [0.3, 0.4) is 0 Å². The lowest BCUT2D eigenvalue weighted by molar-refractivity contribution is 0.323. The fourth-order valence-corrected chi connectivity index (χ4v) is 3.08. The second-order valence-electron chi connectivity index (χ2n) is 5.67. The first-order valence-corrected chi connectivity index (χ1v) is 7.62. The van der Waals surface area contributed by atoms with Gasteiger partial charge in [0.25, 0.3) is 0 Å². The lowest BCUT2D eigenvalue weighted by atomic mass is 9.85. The van der Waals surface area contributed by atoms with Crippen LogP contribution in [-0.2, 0) is 6.42 Å². The zero-order chi connectivity index (χ0) is 12.8. The van der Waals surface area contributed by atoms with Gasteiger partial charge in [-0.2, -0.15) is 0 Å². The van der Waals surface area contributed by atoms with E-state index in [1.54, 1.807) is 0 Å². The molecule has 1 atom stereocenters. The predicted molar refractivity (Wildman–Crippen MR) is 78.9 cm³/mol. The maximum absolute atomic E-state index is 6.23. The Morgan fingerprint density at radius 2 is 1.78 bits per heavy atom. The van der Waals surface area contributed by atoms with E-state index in [2.05, 4.69) is 12.1 Å². The second-order valence-corrected chi connectivity index (χ2v) is 6.11. The molecule has 1 aliphatic carbocycles. The minimum absolute atomic E-state index is 0.299. The van der Waals surface area contributed by atoms with E-state index in [1.165, 1.54) is 44.1 Å². The van der Waals surface area contributed by atoms with Crippen LogP contribution < -0.4 is 5.73 Å². The van der Waals surface area contributed by atoms with E-state index >= 15 is 0 Å². The molecule has 0 saturated heterocycles. The molecule has 1 aliphatic rings. The van der Waals surface area contributed by atoms with Crippen molar-refractivity contribution in [1.82, 2.24) is 0 Å². The normalized spacial score (nSPS) is 18.8. The van der Waals surface area contributed by atoms with Crippen LogP contribution in [-0.4, -0.2) is 6.04 Å². The smallest absolute Gasteiger partial charge is 0.0406 e. The third-order valence-corrected chi connectivity index (χ3v) is 4.33. The standard InChI is InChI=1S/C16H24ClN/c17-15-9-6-14(7-10-15)12-16(18)11-8-13-4-2-1-3-5-13/h6-7,9-10,13,16H,1-5,8,11-12,18H2. The SMILES string of the molecule is NC(CCC1CCCCC1)Cc1ccc(Cl)cc1. The minimum atomic E-state index is 0.299. The van der Waals surface area contributed by atoms with Gasteiger partial charge in [0.05, 0.1) is 0 Å². The van der Waals surface area contributed by atoms with Crippen molar-refractivity contribution >= 4 is 11.6 Å². The van der Waals surface area contributed by atoms with Crippen LogP contribution in [0.15, 0.2) is 24.3 Å². The summed E-state index contributed by atoms with van der Waals surface area (Å²) in [6, 6.07) is 8.37. The fraction of sp³-hybridized carbons (Fsp3) is 0.625. The van der Waals surface area contributed by atoms with Crippen LogP contribution in [0, 0.1) is 5.92 Å². The van der Waals surface area contributed by atoms with Crippen LogP contribution in [0.5, 0.6) is 0 Å². The molecule has 0 aromatic heterocycles. The van der Waals surface area contributed by atoms with Gasteiger partial charge in [0.15, 0.2) is 0 Å². The lowest BCUT2D eigenvalue weighted by Gasteiger charge is -2.23. The minimum Gasteiger partial charge on any atom is -0.327 e. The van der Waals surface area contributed by atoms with Gasteiger partial charge in [-0.1, -0.05) is 55.8 Å². The average Bonchev–Trinajstić information content (AvgIpc) is 2.40. The van der Waals surface area contributed by atoms with E-state index in [1.807, 2.05) is 12.1 Å². The molecule has 0 heterocycles. The largest absolute Gasteiger partial charge is 0.327 e. The molecule has 2 heteroatoms. The van der Waals surface area contributed by atoms with Gasteiger partial charge < -0.3 is 5.73 Å². The van der Waals surface area contributed by atoms with Crippen molar-refractivity contribution in [3.05, 3.63) is 34.9 Å². The first-order chi connectivity index (χ1) is 8.74. The Hall–Kier alpha value is -0.530. The number of halogens is 1. The molecule has 1 nitrogen and oxygen atoms in total. The van der Waals surface area contributed by atoms with Gasteiger partial charge >= 0.3 is 0 Å². The molecule has 1 aromatic carbocycles. The number of hydrogen-bond donors (Lipinski definition) is 1.